The van der Waals surface area contributed by atoms with Gasteiger partial charge < -0.3 is 19.5 Å². The van der Waals surface area contributed by atoms with Crippen molar-refractivity contribution in [1.82, 2.24) is 4.57 Å². The van der Waals surface area contributed by atoms with Crippen LogP contribution >= 0.6 is 0 Å². The molecule has 2 aliphatic rings. The van der Waals surface area contributed by atoms with Gasteiger partial charge >= 0.3 is 0 Å². The van der Waals surface area contributed by atoms with Crippen LogP contribution in [0.15, 0.2) is 4.79 Å². The van der Waals surface area contributed by atoms with Crippen LogP contribution in [0.4, 0.5) is 0 Å². The first-order valence-corrected chi connectivity index (χ1v) is 6.23. The van der Waals surface area contributed by atoms with Gasteiger partial charge in [0.1, 0.15) is 5.60 Å². The van der Waals surface area contributed by atoms with E-state index in [1.807, 2.05) is 0 Å². The molecule has 98 valence electrons. The van der Waals surface area contributed by atoms with Crippen LogP contribution in [0, 0.1) is 6.92 Å². The number of aromatic hydroxyl groups is 1. The summed E-state index contributed by atoms with van der Waals surface area (Å²) in [5.41, 5.74) is 0.482. The minimum Gasteiger partial charge on any atom is -0.503 e. The highest BCUT2D eigenvalue weighted by atomic mass is 16.5. The zero-order valence-electron chi connectivity index (χ0n) is 10.6. The van der Waals surface area contributed by atoms with Crippen molar-refractivity contribution < 1.29 is 14.9 Å². The van der Waals surface area contributed by atoms with E-state index in [0.29, 0.717) is 30.7 Å². The molecule has 2 atom stereocenters. The number of pyridine rings is 1. The van der Waals surface area contributed by atoms with Gasteiger partial charge in [0.25, 0.3) is 0 Å². The van der Waals surface area contributed by atoms with Crippen LogP contribution in [0.25, 0.3) is 0 Å². The molecule has 0 saturated heterocycles. The van der Waals surface area contributed by atoms with Crippen molar-refractivity contribution in [3.8, 4) is 5.75 Å². The molecule has 0 radical (unpaired) electrons. The van der Waals surface area contributed by atoms with Gasteiger partial charge in [-0.25, -0.2) is 0 Å². The number of aliphatic hydroxyl groups excluding tert-OH is 1. The minimum absolute atomic E-state index is 0.236. The van der Waals surface area contributed by atoms with Crippen LogP contribution in [0.3, 0.4) is 0 Å². The molecule has 3 rings (SSSR count). The molecule has 1 aromatic rings. The maximum atomic E-state index is 12.3. The Bertz CT molecular complexity index is 577. The maximum absolute atomic E-state index is 12.3. The number of hydrogen-bond donors (Lipinski definition) is 2. The summed E-state index contributed by atoms with van der Waals surface area (Å²) in [4.78, 5) is 12.3. The van der Waals surface area contributed by atoms with Crippen LogP contribution < -0.4 is 5.43 Å². The van der Waals surface area contributed by atoms with Gasteiger partial charge in [-0.15, -0.1) is 0 Å². The van der Waals surface area contributed by atoms with Crippen LogP contribution in [0.5, 0.6) is 5.75 Å². The fraction of sp³-hybridized carbons (Fsp3) is 0.615. The number of fused-ring (bicyclic) bond motifs is 2. The molecule has 1 aliphatic heterocycles. The molecule has 1 saturated carbocycles. The molecule has 2 unspecified atom stereocenters. The molecule has 0 bridgehead atoms. The molecule has 0 aromatic carbocycles. The summed E-state index contributed by atoms with van der Waals surface area (Å²) >= 11 is 0. The summed E-state index contributed by atoms with van der Waals surface area (Å²) in [6.07, 6.45) is 1.45. The summed E-state index contributed by atoms with van der Waals surface area (Å²) in [6.45, 7) is 2.02. The molecule has 1 aliphatic carbocycles. The number of rotatable bonds is 0. The summed E-state index contributed by atoms with van der Waals surface area (Å²) in [6, 6.07) is 0. The average molecular weight is 251 g/mol. The highest BCUT2D eigenvalue weighted by Gasteiger charge is 2.52. The number of nitrogens with zero attached hydrogens (tertiary/aromatic N) is 1. The normalized spacial score (nSPS) is 30.1. The van der Waals surface area contributed by atoms with Gasteiger partial charge in [-0.1, -0.05) is 0 Å². The molecule has 1 aromatic heterocycles. The predicted molar refractivity (Wildman–Crippen MR) is 64.4 cm³/mol. The van der Waals surface area contributed by atoms with E-state index in [0.717, 1.165) is 12.1 Å². The highest BCUT2D eigenvalue weighted by molar-refractivity contribution is 5.42. The molecule has 18 heavy (non-hydrogen) atoms. The first-order valence-electron chi connectivity index (χ1n) is 6.23. The maximum Gasteiger partial charge on any atom is 0.229 e. The monoisotopic (exact) mass is 251 g/mol. The van der Waals surface area contributed by atoms with E-state index in [-0.39, 0.29) is 11.2 Å². The lowest BCUT2D eigenvalue weighted by atomic mass is 9.90. The second kappa shape index (κ2) is 3.59. The van der Waals surface area contributed by atoms with Crippen LogP contribution in [-0.2, 0) is 24.0 Å². The first-order chi connectivity index (χ1) is 8.49. The molecule has 1 spiro atoms. The summed E-state index contributed by atoms with van der Waals surface area (Å²) in [5, 5.41) is 20.1. The van der Waals surface area contributed by atoms with Crippen LogP contribution in [0.2, 0.25) is 0 Å². The van der Waals surface area contributed by atoms with Crippen LogP contribution in [-0.4, -0.2) is 20.9 Å². The second-order valence-electron chi connectivity index (χ2n) is 5.23. The molecule has 0 amide bonds. The molecular formula is C13H17NO4. The molecule has 2 N–H and O–H groups in total. The molecule has 5 nitrogen and oxygen atoms in total. The smallest absolute Gasteiger partial charge is 0.229 e. The Balaban J connectivity index is 2.33. The van der Waals surface area contributed by atoms with E-state index in [2.05, 4.69) is 0 Å². The molecular weight excluding hydrogens is 234 g/mol. The van der Waals surface area contributed by atoms with Crippen molar-refractivity contribution in [3.05, 3.63) is 27.2 Å². The topological polar surface area (TPSA) is 71.7 Å². The standard InChI is InChI=1S/C13H17NO4/c1-7-11(16)12(17)10-8(14(7)2)6-18-13(10)5-3-4-9(13)15/h9,15-16H,3-6H2,1-2H3. The molecule has 2 heterocycles. The van der Waals surface area contributed by atoms with E-state index in [1.165, 1.54) is 0 Å². The Labute approximate surface area is 105 Å². The van der Waals surface area contributed by atoms with Gasteiger partial charge in [-0.05, 0) is 26.2 Å². The third-order valence-corrected chi connectivity index (χ3v) is 4.44. The third kappa shape index (κ3) is 1.21. The second-order valence-corrected chi connectivity index (χ2v) is 5.23. The fourth-order valence-electron chi connectivity index (χ4n) is 3.24. The Hall–Kier alpha value is -1.33. The van der Waals surface area contributed by atoms with Gasteiger partial charge in [0.05, 0.1) is 29.7 Å². The van der Waals surface area contributed by atoms with Crippen molar-refractivity contribution in [1.29, 1.82) is 0 Å². The lowest BCUT2D eigenvalue weighted by Crippen LogP contribution is -2.38. The molecule has 1 fully saturated rings. The van der Waals surface area contributed by atoms with Crippen molar-refractivity contribution in [2.75, 3.05) is 0 Å². The van der Waals surface area contributed by atoms with E-state index in [4.69, 9.17) is 4.74 Å². The van der Waals surface area contributed by atoms with Crippen molar-refractivity contribution in [2.45, 2.75) is 44.5 Å². The molecule has 5 heteroatoms. The van der Waals surface area contributed by atoms with Gasteiger partial charge in [-0.3, -0.25) is 4.79 Å². The lowest BCUT2D eigenvalue weighted by Gasteiger charge is -2.27. The number of aromatic nitrogens is 1. The van der Waals surface area contributed by atoms with Crippen molar-refractivity contribution in [3.63, 3.8) is 0 Å². The van der Waals surface area contributed by atoms with Gasteiger partial charge in [-0.2, -0.15) is 0 Å². The van der Waals surface area contributed by atoms with Crippen molar-refractivity contribution >= 4 is 0 Å². The lowest BCUT2D eigenvalue weighted by molar-refractivity contribution is -0.103. The van der Waals surface area contributed by atoms with Crippen molar-refractivity contribution in [2.24, 2.45) is 7.05 Å². The fourth-order valence-corrected chi connectivity index (χ4v) is 3.24. The van der Waals surface area contributed by atoms with Gasteiger partial charge in [0, 0.05) is 7.05 Å². The minimum atomic E-state index is -0.893. The third-order valence-electron chi connectivity index (χ3n) is 4.44. The Morgan fingerprint density at radius 2 is 2.22 bits per heavy atom. The summed E-state index contributed by atoms with van der Waals surface area (Å²) < 4.78 is 7.56. The quantitative estimate of drug-likeness (QED) is 0.711. The highest BCUT2D eigenvalue weighted by Crippen LogP contribution is 2.47. The zero-order valence-corrected chi connectivity index (χ0v) is 10.6. The van der Waals surface area contributed by atoms with E-state index >= 15 is 0 Å². The SMILES string of the molecule is Cc1c(O)c(=O)c2c(n1C)COC21CCCC1O. The van der Waals surface area contributed by atoms with Crippen LogP contribution in [0.1, 0.15) is 36.2 Å². The Morgan fingerprint density at radius 1 is 1.50 bits per heavy atom. The van der Waals surface area contributed by atoms with Gasteiger partial charge in [0.2, 0.25) is 5.43 Å². The van der Waals surface area contributed by atoms with E-state index < -0.39 is 11.7 Å². The summed E-state index contributed by atoms with van der Waals surface area (Å²) in [7, 11) is 1.80. The largest absolute Gasteiger partial charge is 0.503 e. The Morgan fingerprint density at radius 3 is 2.83 bits per heavy atom. The number of aliphatic hydroxyl groups is 1. The predicted octanol–water partition coefficient (Wildman–Crippen LogP) is 0.670. The first kappa shape index (κ1) is 11.7. The Kier molecular flexibility index (Phi) is 2.34. The van der Waals surface area contributed by atoms with E-state index in [9.17, 15) is 15.0 Å². The number of ether oxygens (including phenoxy) is 1. The average Bonchev–Trinajstić information content (AvgIpc) is 2.91. The zero-order chi connectivity index (χ0) is 13.1. The summed E-state index contributed by atoms with van der Waals surface area (Å²) in [5.74, 6) is -0.236. The number of hydrogen-bond acceptors (Lipinski definition) is 4. The van der Waals surface area contributed by atoms with Gasteiger partial charge in [0.15, 0.2) is 5.75 Å². The van der Waals surface area contributed by atoms with E-state index in [1.54, 1.807) is 18.5 Å².